The third-order valence-corrected chi connectivity index (χ3v) is 4.85. The first-order valence-corrected chi connectivity index (χ1v) is 7.77. The van der Waals surface area contributed by atoms with Crippen molar-refractivity contribution >= 4 is 23.3 Å². The maximum absolute atomic E-state index is 4.34. The van der Waals surface area contributed by atoms with Crippen molar-refractivity contribution in [2.75, 3.05) is 12.3 Å². The molecule has 1 aromatic heterocycles. The van der Waals surface area contributed by atoms with E-state index in [9.17, 15) is 0 Å². The van der Waals surface area contributed by atoms with E-state index in [1.54, 1.807) is 0 Å². The zero-order valence-electron chi connectivity index (χ0n) is 9.74. The van der Waals surface area contributed by atoms with Crippen molar-refractivity contribution < 1.29 is 0 Å². The molecule has 5 heteroatoms. The van der Waals surface area contributed by atoms with E-state index < -0.39 is 0 Å². The maximum Gasteiger partial charge on any atom is 0.170 e. The van der Waals surface area contributed by atoms with Crippen LogP contribution < -0.4 is 5.32 Å². The summed E-state index contributed by atoms with van der Waals surface area (Å²) >= 11 is 3.34. The Hall–Kier alpha value is -0.130. The molecule has 1 aliphatic rings. The molecule has 1 N–H and O–H groups in total. The van der Waals surface area contributed by atoms with E-state index in [4.69, 9.17) is 0 Å². The van der Waals surface area contributed by atoms with Gasteiger partial charge in [-0.1, -0.05) is 24.6 Å². The molecule has 1 aromatic rings. The number of aryl methyl sites for hydroxylation is 1. The highest BCUT2D eigenvalue weighted by molar-refractivity contribution is 8.00. The predicted molar refractivity (Wildman–Crippen MR) is 70.2 cm³/mol. The second kappa shape index (κ2) is 6.57. The SMILES string of the molecule is Cc1nsc(SCCCNC2CCCC2)n1. The average Bonchev–Trinajstić information content (AvgIpc) is 2.89. The second-order valence-corrected chi connectivity index (χ2v) is 6.34. The van der Waals surface area contributed by atoms with Gasteiger partial charge in [-0.2, -0.15) is 4.37 Å². The highest BCUT2D eigenvalue weighted by Crippen LogP contribution is 2.21. The van der Waals surface area contributed by atoms with E-state index in [1.807, 2.05) is 18.7 Å². The van der Waals surface area contributed by atoms with Crippen LogP contribution in [0.1, 0.15) is 37.9 Å². The molecule has 0 bridgehead atoms. The molecular formula is C11H19N3S2. The summed E-state index contributed by atoms with van der Waals surface area (Å²) in [4.78, 5) is 4.34. The van der Waals surface area contributed by atoms with Gasteiger partial charge in [0.1, 0.15) is 5.82 Å². The lowest BCUT2D eigenvalue weighted by molar-refractivity contribution is 0.525. The summed E-state index contributed by atoms with van der Waals surface area (Å²) in [5.74, 6) is 2.05. The van der Waals surface area contributed by atoms with Gasteiger partial charge in [-0.25, -0.2) is 4.98 Å². The summed E-state index contributed by atoms with van der Waals surface area (Å²) in [6.07, 6.45) is 6.80. The summed E-state index contributed by atoms with van der Waals surface area (Å²) in [5, 5.41) is 3.63. The van der Waals surface area contributed by atoms with Gasteiger partial charge >= 0.3 is 0 Å². The van der Waals surface area contributed by atoms with Crippen LogP contribution in [-0.2, 0) is 0 Å². The van der Waals surface area contributed by atoms with Gasteiger partial charge in [0.05, 0.1) is 0 Å². The van der Waals surface area contributed by atoms with Crippen LogP contribution in [0, 0.1) is 6.92 Å². The second-order valence-electron chi connectivity index (χ2n) is 4.25. The van der Waals surface area contributed by atoms with Gasteiger partial charge in [0.2, 0.25) is 0 Å². The Morgan fingerprint density at radius 1 is 1.44 bits per heavy atom. The number of aromatic nitrogens is 2. The topological polar surface area (TPSA) is 37.8 Å². The highest BCUT2D eigenvalue weighted by atomic mass is 32.2. The van der Waals surface area contributed by atoms with Gasteiger partial charge in [0.15, 0.2) is 4.34 Å². The first-order chi connectivity index (χ1) is 7.84. The molecule has 0 aliphatic heterocycles. The zero-order valence-corrected chi connectivity index (χ0v) is 11.4. The molecular weight excluding hydrogens is 238 g/mol. The molecule has 0 unspecified atom stereocenters. The van der Waals surface area contributed by atoms with Crippen LogP contribution in [-0.4, -0.2) is 27.7 Å². The van der Waals surface area contributed by atoms with E-state index in [2.05, 4.69) is 14.7 Å². The number of thioether (sulfide) groups is 1. The molecule has 0 aromatic carbocycles. The first-order valence-electron chi connectivity index (χ1n) is 6.01. The number of hydrogen-bond acceptors (Lipinski definition) is 5. The summed E-state index contributed by atoms with van der Waals surface area (Å²) in [6.45, 7) is 3.09. The van der Waals surface area contributed by atoms with E-state index in [1.165, 1.54) is 43.6 Å². The van der Waals surface area contributed by atoms with Crippen LogP contribution >= 0.6 is 23.3 Å². The van der Waals surface area contributed by atoms with E-state index >= 15 is 0 Å². The Morgan fingerprint density at radius 3 is 2.94 bits per heavy atom. The molecule has 1 fully saturated rings. The Balaban J connectivity index is 1.51. The van der Waals surface area contributed by atoms with Crippen molar-refractivity contribution in [1.29, 1.82) is 0 Å². The lowest BCUT2D eigenvalue weighted by atomic mass is 10.2. The van der Waals surface area contributed by atoms with E-state index in [-0.39, 0.29) is 0 Å². The predicted octanol–water partition coefficient (Wildman–Crippen LogP) is 2.86. The van der Waals surface area contributed by atoms with Crippen LogP contribution in [0.5, 0.6) is 0 Å². The monoisotopic (exact) mass is 257 g/mol. The molecule has 1 heterocycles. The Bertz CT molecular complexity index is 308. The lowest BCUT2D eigenvalue weighted by Gasteiger charge is -2.10. The summed E-state index contributed by atoms with van der Waals surface area (Å²) in [7, 11) is 0. The summed E-state index contributed by atoms with van der Waals surface area (Å²) in [5.41, 5.74) is 0. The molecule has 1 saturated carbocycles. The fourth-order valence-corrected chi connectivity index (χ4v) is 3.66. The van der Waals surface area contributed by atoms with Crippen LogP contribution in [0.3, 0.4) is 0 Å². The standard InChI is InChI=1S/C11H19N3S2/c1-9-13-11(16-14-9)15-8-4-7-12-10-5-2-3-6-10/h10,12H,2-8H2,1H3. The van der Waals surface area contributed by atoms with Crippen molar-refractivity contribution in [2.45, 2.75) is 49.4 Å². The minimum atomic E-state index is 0.800. The van der Waals surface area contributed by atoms with Gasteiger partial charge in [0.25, 0.3) is 0 Å². The number of nitrogens with one attached hydrogen (secondary N) is 1. The van der Waals surface area contributed by atoms with Crippen molar-refractivity contribution in [3.63, 3.8) is 0 Å². The molecule has 3 nitrogen and oxygen atoms in total. The molecule has 0 saturated heterocycles. The Kier molecular flexibility index (Phi) is 5.06. The molecule has 0 amide bonds. The fraction of sp³-hybridized carbons (Fsp3) is 0.818. The van der Waals surface area contributed by atoms with Gasteiger partial charge in [-0.3, -0.25) is 0 Å². The van der Waals surface area contributed by atoms with Crippen LogP contribution in [0.2, 0.25) is 0 Å². The highest BCUT2D eigenvalue weighted by Gasteiger charge is 2.13. The Labute approximate surface area is 106 Å². The molecule has 1 aliphatic carbocycles. The average molecular weight is 257 g/mol. The minimum absolute atomic E-state index is 0.800. The normalized spacial score (nSPS) is 17.1. The number of rotatable bonds is 6. The van der Waals surface area contributed by atoms with Crippen molar-refractivity contribution in [1.82, 2.24) is 14.7 Å². The fourth-order valence-electron chi connectivity index (χ4n) is 2.00. The Morgan fingerprint density at radius 2 is 2.25 bits per heavy atom. The summed E-state index contributed by atoms with van der Waals surface area (Å²) in [6, 6.07) is 0.800. The first kappa shape index (κ1) is 12.3. The number of hydrogen-bond donors (Lipinski definition) is 1. The van der Waals surface area contributed by atoms with E-state index in [0.29, 0.717) is 0 Å². The third-order valence-electron chi connectivity index (χ3n) is 2.84. The smallest absolute Gasteiger partial charge is 0.170 e. The van der Waals surface area contributed by atoms with Crippen molar-refractivity contribution in [3.05, 3.63) is 5.82 Å². The zero-order chi connectivity index (χ0) is 11.2. The maximum atomic E-state index is 4.34. The van der Waals surface area contributed by atoms with Crippen LogP contribution in [0.15, 0.2) is 4.34 Å². The molecule has 0 radical (unpaired) electrons. The summed E-state index contributed by atoms with van der Waals surface area (Å²) < 4.78 is 5.28. The van der Waals surface area contributed by atoms with Crippen LogP contribution in [0.4, 0.5) is 0 Å². The van der Waals surface area contributed by atoms with Gasteiger partial charge in [0, 0.05) is 11.8 Å². The lowest BCUT2D eigenvalue weighted by Crippen LogP contribution is -2.27. The van der Waals surface area contributed by atoms with Crippen molar-refractivity contribution in [3.8, 4) is 0 Å². The molecule has 16 heavy (non-hydrogen) atoms. The molecule has 0 atom stereocenters. The van der Waals surface area contributed by atoms with Gasteiger partial charge in [-0.05, 0) is 44.3 Å². The van der Waals surface area contributed by atoms with Gasteiger partial charge < -0.3 is 5.32 Å². The van der Waals surface area contributed by atoms with E-state index in [0.717, 1.165) is 28.5 Å². The third kappa shape index (κ3) is 4.03. The van der Waals surface area contributed by atoms with Gasteiger partial charge in [-0.15, -0.1) is 0 Å². The molecule has 0 spiro atoms. The minimum Gasteiger partial charge on any atom is -0.314 e. The quantitative estimate of drug-likeness (QED) is 0.628. The molecule has 90 valence electrons. The van der Waals surface area contributed by atoms with Crippen LogP contribution in [0.25, 0.3) is 0 Å². The number of nitrogens with zero attached hydrogens (tertiary/aromatic N) is 2. The molecule has 2 rings (SSSR count). The van der Waals surface area contributed by atoms with Crippen molar-refractivity contribution in [2.24, 2.45) is 0 Å². The largest absolute Gasteiger partial charge is 0.314 e.